The lowest BCUT2D eigenvalue weighted by atomic mass is 9.98. The zero-order valence-electron chi connectivity index (χ0n) is 22.9. The summed E-state index contributed by atoms with van der Waals surface area (Å²) in [6, 6.07) is 22.7. The number of aryl methyl sites for hydroxylation is 1. The van der Waals surface area contributed by atoms with Crippen LogP contribution in [0.1, 0.15) is 52.9 Å². The summed E-state index contributed by atoms with van der Waals surface area (Å²) in [6.07, 6.45) is 0.629. The lowest BCUT2D eigenvalue weighted by Gasteiger charge is -2.35. The minimum absolute atomic E-state index is 0.0323. The molecular formula is C32H33ClN4O2S. The molecular weight excluding hydrogens is 540 g/mol. The average Bonchev–Trinajstić information content (AvgIpc) is 3.36. The first kappa shape index (κ1) is 28.0. The molecule has 1 unspecified atom stereocenters. The first-order chi connectivity index (χ1) is 19.3. The molecule has 2 aromatic heterocycles. The van der Waals surface area contributed by atoms with Crippen LogP contribution in [0.15, 0.2) is 77.6 Å². The Labute approximate surface area is 243 Å². The predicted molar refractivity (Wildman–Crippen MR) is 165 cm³/mol. The molecule has 0 aliphatic carbocycles. The molecule has 0 bridgehead atoms. The van der Waals surface area contributed by atoms with Crippen LogP contribution in [0.3, 0.4) is 0 Å². The normalized spacial score (nSPS) is 12.3. The molecule has 0 fully saturated rings. The van der Waals surface area contributed by atoms with Crippen molar-refractivity contribution in [1.82, 2.24) is 14.5 Å². The van der Waals surface area contributed by atoms with Crippen molar-refractivity contribution >= 4 is 50.5 Å². The quantitative estimate of drug-likeness (QED) is 0.197. The molecule has 1 atom stereocenters. The Morgan fingerprint density at radius 2 is 1.75 bits per heavy atom. The number of hydrogen-bond acceptors (Lipinski definition) is 5. The third kappa shape index (κ3) is 5.68. The maximum atomic E-state index is 14.2. The predicted octanol–water partition coefficient (Wildman–Crippen LogP) is 6.81. The van der Waals surface area contributed by atoms with E-state index in [-0.39, 0.29) is 17.4 Å². The third-order valence-electron chi connectivity index (χ3n) is 7.19. The minimum Gasteiger partial charge on any atom is -0.330 e. The third-order valence-corrected chi connectivity index (χ3v) is 8.40. The van der Waals surface area contributed by atoms with E-state index in [1.165, 1.54) is 11.3 Å². The van der Waals surface area contributed by atoms with E-state index in [2.05, 4.69) is 13.8 Å². The Morgan fingerprint density at radius 1 is 1.05 bits per heavy atom. The van der Waals surface area contributed by atoms with Crippen molar-refractivity contribution in [2.45, 2.75) is 39.8 Å². The average molecular weight is 573 g/mol. The van der Waals surface area contributed by atoms with Gasteiger partial charge in [-0.05, 0) is 73.0 Å². The summed E-state index contributed by atoms with van der Waals surface area (Å²) in [4.78, 5) is 36.2. The topological polar surface area (TPSA) is 81.2 Å². The molecule has 0 saturated carbocycles. The summed E-state index contributed by atoms with van der Waals surface area (Å²) in [6.45, 7) is 7.32. The molecule has 0 spiro atoms. The molecule has 8 heteroatoms. The fourth-order valence-electron chi connectivity index (χ4n) is 5.18. The molecule has 0 aliphatic heterocycles. The highest BCUT2D eigenvalue weighted by Crippen LogP contribution is 2.32. The van der Waals surface area contributed by atoms with Gasteiger partial charge < -0.3 is 10.6 Å². The number of carbonyl (C=O) groups excluding carboxylic acids is 1. The minimum atomic E-state index is -0.459. The van der Waals surface area contributed by atoms with E-state index in [9.17, 15) is 9.59 Å². The number of nitrogens with zero attached hydrogens (tertiary/aromatic N) is 3. The molecule has 206 valence electrons. The number of benzene rings is 3. The number of carbonyl (C=O) groups is 1. The van der Waals surface area contributed by atoms with Gasteiger partial charge in [-0.1, -0.05) is 67.4 Å². The van der Waals surface area contributed by atoms with Crippen molar-refractivity contribution in [3.8, 4) is 0 Å². The van der Waals surface area contributed by atoms with Crippen molar-refractivity contribution in [1.29, 1.82) is 0 Å². The van der Waals surface area contributed by atoms with Gasteiger partial charge in [0.2, 0.25) is 0 Å². The number of rotatable bonds is 9. The number of nitrogens with two attached hydrogens (primary N) is 1. The molecule has 2 N–H and O–H groups in total. The Balaban J connectivity index is 1.74. The van der Waals surface area contributed by atoms with E-state index in [4.69, 9.17) is 22.3 Å². The standard InChI is InChI=1S/C32H33ClN4O2S/c1-20(2)29(36(16-6-15-34)31(38)22-11-9-21(3)10-12-22)30-35-27-18-24-8-5-4-7-23(24)17-26(27)32(39)37(30)19-25-13-14-28(33)40-25/h4-5,7-14,17-18,20,29H,6,15-16,19,34H2,1-3H3. The van der Waals surface area contributed by atoms with E-state index in [0.29, 0.717) is 52.7 Å². The number of halogens is 1. The second-order valence-corrected chi connectivity index (χ2v) is 12.3. The highest BCUT2D eigenvalue weighted by atomic mass is 35.5. The van der Waals surface area contributed by atoms with Crippen LogP contribution in [0, 0.1) is 12.8 Å². The fraction of sp³-hybridized carbons (Fsp3) is 0.281. The van der Waals surface area contributed by atoms with Crippen LogP contribution in [0.25, 0.3) is 21.7 Å². The van der Waals surface area contributed by atoms with Crippen LogP contribution in [0.4, 0.5) is 0 Å². The van der Waals surface area contributed by atoms with Gasteiger partial charge in [-0.3, -0.25) is 14.2 Å². The van der Waals surface area contributed by atoms with Gasteiger partial charge >= 0.3 is 0 Å². The monoisotopic (exact) mass is 572 g/mol. The van der Waals surface area contributed by atoms with Crippen molar-refractivity contribution in [2.75, 3.05) is 13.1 Å². The van der Waals surface area contributed by atoms with Gasteiger partial charge in [-0.2, -0.15) is 0 Å². The molecule has 3 aromatic carbocycles. The number of thiophene rings is 1. The molecule has 0 aliphatic rings. The Kier molecular flexibility index (Phi) is 8.35. The highest BCUT2D eigenvalue weighted by molar-refractivity contribution is 7.16. The number of fused-ring (bicyclic) bond motifs is 2. The number of amides is 1. The Morgan fingerprint density at radius 3 is 2.38 bits per heavy atom. The largest absolute Gasteiger partial charge is 0.330 e. The SMILES string of the molecule is Cc1ccc(C(=O)N(CCCN)C(c2nc3cc4ccccc4cc3c(=O)n2Cc2ccc(Cl)s2)C(C)C)cc1. The fourth-order valence-corrected chi connectivity index (χ4v) is 6.26. The lowest BCUT2D eigenvalue weighted by molar-refractivity contribution is 0.0603. The summed E-state index contributed by atoms with van der Waals surface area (Å²) in [5.41, 5.74) is 8.07. The second kappa shape index (κ2) is 11.9. The second-order valence-electron chi connectivity index (χ2n) is 10.5. The zero-order chi connectivity index (χ0) is 28.4. The van der Waals surface area contributed by atoms with Crippen LogP contribution in [0.2, 0.25) is 4.34 Å². The van der Waals surface area contributed by atoms with Crippen molar-refractivity contribution < 1.29 is 4.79 Å². The van der Waals surface area contributed by atoms with Gasteiger partial charge in [0.15, 0.2) is 0 Å². The highest BCUT2D eigenvalue weighted by Gasteiger charge is 2.32. The molecule has 1 amide bonds. The van der Waals surface area contributed by atoms with Crippen molar-refractivity contribution in [2.24, 2.45) is 11.7 Å². The Hall–Kier alpha value is -3.52. The lowest BCUT2D eigenvalue weighted by Crippen LogP contribution is -2.42. The molecule has 0 saturated heterocycles. The maximum absolute atomic E-state index is 14.2. The van der Waals surface area contributed by atoms with Crippen molar-refractivity contribution in [3.63, 3.8) is 0 Å². The van der Waals surface area contributed by atoms with Gasteiger partial charge in [-0.15, -0.1) is 11.3 Å². The number of aromatic nitrogens is 2. The Bertz CT molecular complexity index is 1730. The zero-order valence-corrected chi connectivity index (χ0v) is 24.5. The maximum Gasteiger partial charge on any atom is 0.261 e. The van der Waals surface area contributed by atoms with Crippen LogP contribution >= 0.6 is 22.9 Å². The van der Waals surface area contributed by atoms with Gasteiger partial charge in [0.05, 0.1) is 27.8 Å². The molecule has 40 heavy (non-hydrogen) atoms. The molecule has 5 aromatic rings. The molecule has 5 rings (SSSR count). The van der Waals surface area contributed by atoms with Crippen molar-refractivity contribution in [3.05, 3.63) is 109 Å². The first-order valence-electron chi connectivity index (χ1n) is 13.5. The summed E-state index contributed by atoms with van der Waals surface area (Å²) in [5.74, 6) is 0.422. The summed E-state index contributed by atoms with van der Waals surface area (Å²) >= 11 is 7.69. The summed E-state index contributed by atoms with van der Waals surface area (Å²) in [5, 5.41) is 2.53. The number of hydrogen-bond donors (Lipinski definition) is 1. The first-order valence-corrected chi connectivity index (χ1v) is 14.7. The van der Waals surface area contributed by atoms with E-state index < -0.39 is 6.04 Å². The van der Waals surface area contributed by atoms with Gasteiger partial charge in [0.25, 0.3) is 11.5 Å². The van der Waals surface area contributed by atoms with Crippen LogP contribution < -0.4 is 11.3 Å². The van der Waals surface area contributed by atoms with E-state index in [1.807, 2.05) is 84.6 Å². The van der Waals surface area contributed by atoms with E-state index in [1.54, 1.807) is 4.57 Å². The van der Waals surface area contributed by atoms with E-state index >= 15 is 0 Å². The molecule has 6 nitrogen and oxygen atoms in total. The summed E-state index contributed by atoms with van der Waals surface area (Å²) < 4.78 is 2.38. The molecule has 0 radical (unpaired) electrons. The smallest absolute Gasteiger partial charge is 0.261 e. The van der Waals surface area contributed by atoms with Crippen LogP contribution in [-0.4, -0.2) is 33.4 Å². The van der Waals surface area contributed by atoms with Gasteiger partial charge in [0.1, 0.15) is 5.82 Å². The van der Waals surface area contributed by atoms with Crippen LogP contribution in [-0.2, 0) is 6.54 Å². The van der Waals surface area contributed by atoms with Gasteiger partial charge in [-0.25, -0.2) is 4.98 Å². The van der Waals surface area contributed by atoms with Gasteiger partial charge in [0, 0.05) is 17.0 Å². The summed E-state index contributed by atoms with van der Waals surface area (Å²) in [7, 11) is 0. The van der Waals surface area contributed by atoms with E-state index in [0.717, 1.165) is 21.2 Å². The molecule has 2 heterocycles. The van der Waals surface area contributed by atoms with Crippen LogP contribution in [0.5, 0.6) is 0 Å².